The van der Waals surface area contributed by atoms with E-state index in [1.165, 1.54) is 0 Å². The van der Waals surface area contributed by atoms with Crippen LogP contribution < -0.4 is 5.73 Å². The van der Waals surface area contributed by atoms with Crippen molar-refractivity contribution < 1.29 is 0 Å². The van der Waals surface area contributed by atoms with Gasteiger partial charge < -0.3 is 5.73 Å². The lowest BCUT2D eigenvalue weighted by Crippen LogP contribution is -2.22. The summed E-state index contributed by atoms with van der Waals surface area (Å²) in [5.74, 6) is 0.901. The van der Waals surface area contributed by atoms with E-state index in [0.717, 1.165) is 23.8 Å². The Balaban J connectivity index is 2.27. The fourth-order valence-electron chi connectivity index (χ4n) is 0.996. The number of hydrogen-bond donors (Lipinski definition) is 1. The lowest BCUT2D eigenvalue weighted by molar-refractivity contribution is 0.660. The minimum absolute atomic E-state index is 0.263. The second kappa shape index (κ2) is 5.94. The molecule has 3 nitrogen and oxygen atoms in total. The molecule has 72 valence electrons. The van der Waals surface area contributed by atoms with Gasteiger partial charge in [0, 0.05) is 24.2 Å². The van der Waals surface area contributed by atoms with Crippen molar-refractivity contribution in [3.8, 4) is 0 Å². The van der Waals surface area contributed by atoms with E-state index in [0.29, 0.717) is 0 Å². The highest BCUT2D eigenvalue weighted by Crippen LogP contribution is 2.13. The Morgan fingerprint density at radius 2 is 2.15 bits per heavy atom. The van der Waals surface area contributed by atoms with Crippen molar-refractivity contribution >= 4 is 11.8 Å². The van der Waals surface area contributed by atoms with E-state index in [-0.39, 0.29) is 6.04 Å². The third-order valence-electron chi connectivity index (χ3n) is 1.63. The van der Waals surface area contributed by atoms with E-state index in [1.54, 1.807) is 24.2 Å². The number of thioether (sulfide) groups is 1. The van der Waals surface area contributed by atoms with E-state index >= 15 is 0 Å². The molecule has 1 atom stereocenters. The maximum atomic E-state index is 5.86. The molecule has 4 heteroatoms. The summed E-state index contributed by atoms with van der Waals surface area (Å²) in [6.07, 6.45) is 5.71. The quantitative estimate of drug-likeness (QED) is 0.576. The molecule has 1 aromatic rings. The zero-order chi connectivity index (χ0) is 9.52. The Bertz CT molecular complexity index is 228. The molecule has 0 fully saturated rings. The summed E-state index contributed by atoms with van der Waals surface area (Å²) < 4.78 is 0. The summed E-state index contributed by atoms with van der Waals surface area (Å²) in [4.78, 5) is 8.21. The summed E-state index contributed by atoms with van der Waals surface area (Å²) in [5.41, 5.74) is 5.86. The molecule has 0 aliphatic heterocycles. The normalized spacial score (nSPS) is 12.8. The average molecular weight is 197 g/mol. The molecule has 0 aliphatic rings. The van der Waals surface area contributed by atoms with Crippen molar-refractivity contribution in [1.29, 1.82) is 0 Å². The van der Waals surface area contributed by atoms with Gasteiger partial charge in [0.2, 0.25) is 0 Å². The van der Waals surface area contributed by atoms with Crippen molar-refractivity contribution in [2.75, 3.05) is 5.75 Å². The Morgan fingerprint density at radius 1 is 1.46 bits per heavy atom. The van der Waals surface area contributed by atoms with Crippen LogP contribution in [0.3, 0.4) is 0 Å². The molecule has 2 N–H and O–H groups in total. The SMILES string of the molecule is CCCC(N)CSc1ncccn1. The van der Waals surface area contributed by atoms with Crippen molar-refractivity contribution in [3.05, 3.63) is 18.5 Å². The second-order valence-corrected chi connectivity index (χ2v) is 3.88. The summed E-state index contributed by atoms with van der Waals surface area (Å²) in [5, 5.41) is 0.814. The van der Waals surface area contributed by atoms with E-state index in [2.05, 4.69) is 16.9 Å². The first-order valence-corrected chi connectivity index (χ1v) is 5.47. The molecule has 1 rings (SSSR count). The van der Waals surface area contributed by atoms with E-state index in [9.17, 15) is 0 Å². The number of aromatic nitrogens is 2. The third kappa shape index (κ3) is 4.24. The number of nitrogens with two attached hydrogens (primary N) is 1. The highest BCUT2D eigenvalue weighted by Gasteiger charge is 2.02. The van der Waals surface area contributed by atoms with Crippen LogP contribution in [0.5, 0.6) is 0 Å². The second-order valence-electron chi connectivity index (χ2n) is 2.89. The summed E-state index contributed by atoms with van der Waals surface area (Å²) in [6, 6.07) is 2.08. The van der Waals surface area contributed by atoms with E-state index < -0.39 is 0 Å². The molecule has 0 spiro atoms. The van der Waals surface area contributed by atoms with Gasteiger partial charge in [0.15, 0.2) is 5.16 Å². The van der Waals surface area contributed by atoms with Crippen LogP contribution in [0.25, 0.3) is 0 Å². The van der Waals surface area contributed by atoms with Crippen molar-refractivity contribution in [3.63, 3.8) is 0 Å². The highest BCUT2D eigenvalue weighted by atomic mass is 32.2. The van der Waals surface area contributed by atoms with Gasteiger partial charge in [-0.05, 0) is 12.5 Å². The fraction of sp³-hybridized carbons (Fsp3) is 0.556. The monoisotopic (exact) mass is 197 g/mol. The predicted octanol–water partition coefficient (Wildman–Crippen LogP) is 1.70. The van der Waals surface area contributed by atoms with Gasteiger partial charge in [-0.15, -0.1) is 0 Å². The molecule has 13 heavy (non-hydrogen) atoms. The fourth-order valence-corrected chi connectivity index (χ4v) is 1.80. The smallest absolute Gasteiger partial charge is 0.187 e. The molecule has 0 radical (unpaired) electrons. The number of hydrogen-bond acceptors (Lipinski definition) is 4. The topological polar surface area (TPSA) is 51.8 Å². The first-order chi connectivity index (χ1) is 6.33. The minimum atomic E-state index is 0.263. The largest absolute Gasteiger partial charge is 0.327 e. The summed E-state index contributed by atoms with van der Waals surface area (Å²) >= 11 is 1.62. The average Bonchev–Trinajstić information content (AvgIpc) is 2.17. The molecule has 1 heterocycles. The molecular formula is C9H15N3S. The van der Waals surface area contributed by atoms with Gasteiger partial charge >= 0.3 is 0 Å². The van der Waals surface area contributed by atoms with Crippen LogP contribution in [0, 0.1) is 0 Å². The van der Waals surface area contributed by atoms with Gasteiger partial charge in [-0.2, -0.15) is 0 Å². The maximum absolute atomic E-state index is 5.86. The van der Waals surface area contributed by atoms with Gasteiger partial charge in [0.1, 0.15) is 0 Å². The van der Waals surface area contributed by atoms with Crippen LogP contribution in [0.1, 0.15) is 19.8 Å². The Morgan fingerprint density at radius 3 is 2.77 bits per heavy atom. The van der Waals surface area contributed by atoms with Crippen LogP contribution in [0.15, 0.2) is 23.6 Å². The minimum Gasteiger partial charge on any atom is -0.327 e. The van der Waals surface area contributed by atoms with Crippen LogP contribution in [-0.2, 0) is 0 Å². The number of nitrogens with zero attached hydrogens (tertiary/aromatic N) is 2. The van der Waals surface area contributed by atoms with Crippen molar-refractivity contribution in [1.82, 2.24) is 9.97 Å². The summed E-state index contributed by atoms with van der Waals surface area (Å²) in [7, 11) is 0. The van der Waals surface area contributed by atoms with Crippen LogP contribution >= 0.6 is 11.8 Å². The molecule has 0 bridgehead atoms. The molecule has 0 aliphatic carbocycles. The Labute approximate surface area is 83.2 Å². The third-order valence-corrected chi connectivity index (χ3v) is 2.69. The van der Waals surface area contributed by atoms with Crippen LogP contribution in [0.4, 0.5) is 0 Å². The Kier molecular flexibility index (Phi) is 4.78. The molecule has 0 amide bonds. The lowest BCUT2D eigenvalue weighted by Gasteiger charge is -2.07. The molecular weight excluding hydrogens is 182 g/mol. The predicted molar refractivity (Wildman–Crippen MR) is 55.6 cm³/mol. The highest BCUT2D eigenvalue weighted by molar-refractivity contribution is 7.99. The molecule has 0 saturated heterocycles. The van der Waals surface area contributed by atoms with Crippen molar-refractivity contribution in [2.24, 2.45) is 5.73 Å². The van der Waals surface area contributed by atoms with Gasteiger partial charge in [0.25, 0.3) is 0 Å². The van der Waals surface area contributed by atoms with Gasteiger partial charge in [-0.1, -0.05) is 25.1 Å². The standard InChI is InChI=1S/C9H15N3S/c1-2-4-8(10)7-13-9-11-5-3-6-12-9/h3,5-6,8H,2,4,7,10H2,1H3. The van der Waals surface area contributed by atoms with E-state index in [1.807, 2.05) is 6.07 Å². The van der Waals surface area contributed by atoms with E-state index in [4.69, 9.17) is 5.73 Å². The zero-order valence-corrected chi connectivity index (χ0v) is 8.63. The molecule has 1 aromatic heterocycles. The summed E-state index contributed by atoms with van der Waals surface area (Å²) in [6.45, 7) is 2.14. The van der Waals surface area contributed by atoms with Gasteiger partial charge in [0.05, 0.1) is 0 Å². The van der Waals surface area contributed by atoms with Crippen LogP contribution in [-0.4, -0.2) is 21.8 Å². The first-order valence-electron chi connectivity index (χ1n) is 4.48. The number of rotatable bonds is 5. The van der Waals surface area contributed by atoms with Gasteiger partial charge in [-0.3, -0.25) is 0 Å². The molecule has 1 unspecified atom stereocenters. The van der Waals surface area contributed by atoms with Crippen molar-refractivity contribution in [2.45, 2.75) is 31.0 Å². The molecule has 0 aromatic carbocycles. The first kappa shape index (κ1) is 10.5. The maximum Gasteiger partial charge on any atom is 0.187 e. The zero-order valence-electron chi connectivity index (χ0n) is 7.81. The van der Waals surface area contributed by atoms with Gasteiger partial charge in [-0.25, -0.2) is 9.97 Å². The van der Waals surface area contributed by atoms with Crippen LogP contribution in [0.2, 0.25) is 0 Å². The molecule has 0 saturated carbocycles. The Hall–Kier alpha value is -0.610. The lowest BCUT2D eigenvalue weighted by atomic mass is 10.2.